The molecule has 7 nitrogen and oxygen atoms in total. The number of hydrogen-bond donors (Lipinski definition) is 1. The number of ether oxygens (including phenoxy) is 3. The van der Waals surface area contributed by atoms with Gasteiger partial charge in [-0.15, -0.1) is 0 Å². The highest BCUT2D eigenvalue weighted by Gasteiger charge is 2.77. The number of rotatable bonds is 2. The molecule has 1 aliphatic heterocycles. The molecule has 8 atom stereocenters. The molecule has 0 amide bonds. The zero-order valence-corrected chi connectivity index (χ0v) is 21.2. The van der Waals surface area contributed by atoms with Crippen molar-refractivity contribution in [3.05, 3.63) is 35.7 Å². The fraction of sp³-hybridized carbons (Fsp3) is 0.704. The van der Waals surface area contributed by atoms with E-state index in [2.05, 4.69) is 31.8 Å². The first-order chi connectivity index (χ1) is 15.8. The van der Waals surface area contributed by atoms with Crippen molar-refractivity contribution in [1.29, 1.82) is 0 Å². The first-order valence-corrected chi connectivity index (χ1v) is 12.5. The number of Topliss-reactive ketones (excluding diaryl/α,β-unsaturated/α-hetero) is 1. The van der Waals surface area contributed by atoms with E-state index in [9.17, 15) is 9.90 Å². The molecule has 4 aliphatic carbocycles. The zero-order chi connectivity index (χ0) is 24.4. The molecule has 1 spiro atoms. The lowest BCUT2D eigenvalue weighted by molar-refractivity contribution is -0.301. The predicted molar refractivity (Wildman–Crippen MR) is 125 cm³/mol. The normalized spacial score (nSPS) is 45.7. The molecule has 1 N–H and O–H groups in total. The fourth-order valence-electron chi connectivity index (χ4n) is 7.87. The number of imidazole rings is 1. The molecule has 2 bridgehead atoms. The first-order valence-electron chi connectivity index (χ1n) is 12.5. The van der Waals surface area contributed by atoms with Crippen molar-refractivity contribution >= 4 is 5.78 Å². The minimum Gasteiger partial charge on any atom is -0.454 e. The maximum atomic E-state index is 14.6. The van der Waals surface area contributed by atoms with E-state index in [0.717, 1.165) is 17.6 Å². The van der Waals surface area contributed by atoms with Crippen LogP contribution < -0.4 is 4.74 Å². The van der Waals surface area contributed by atoms with E-state index in [0.29, 0.717) is 18.5 Å². The van der Waals surface area contributed by atoms with Gasteiger partial charge in [0, 0.05) is 25.4 Å². The fourth-order valence-corrected chi connectivity index (χ4v) is 7.87. The van der Waals surface area contributed by atoms with Crippen molar-refractivity contribution in [3.63, 3.8) is 0 Å². The summed E-state index contributed by atoms with van der Waals surface area (Å²) in [6.07, 6.45) is 6.94. The van der Waals surface area contributed by atoms with Gasteiger partial charge in [-0.2, -0.15) is 0 Å². The Morgan fingerprint density at radius 2 is 2.00 bits per heavy atom. The topological polar surface area (TPSA) is 82.8 Å². The maximum Gasteiger partial charge on any atom is 0.296 e. The molecule has 184 valence electrons. The third-order valence-corrected chi connectivity index (χ3v) is 9.67. The number of ketones is 1. The van der Waals surface area contributed by atoms with Crippen LogP contribution in [0.5, 0.6) is 6.01 Å². The van der Waals surface area contributed by atoms with Gasteiger partial charge in [0.2, 0.25) is 0 Å². The highest BCUT2D eigenvalue weighted by molar-refractivity contribution is 5.95. The molecule has 1 aromatic rings. The summed E-state index contributed by atoms with van der Waals surface area (Å²) >= 11 is 0. The van der Waals surface area contributed by atoms with Crippen molar-refractivity contribution in [3.8, 4) is 6.01 Å². The monoisotopic (exact) mass is 468 g/mol. The number of carbonyl (C=O) groups excluding carboxylic acids is 1. The number of aliphatic hydroxyl groups is 1. The molecular weight excluding hydrogens is 432 g/mol. The van der Waals surface area contributed by atoms with Gasteiger partial charge in [-0.3, -0.25) is 4.79 Å². The summed E-state index contributed by atoms with van der Waals surface area (Å²) < 4.78 is 20.8. The van der Waals surface area contributed by atoms with Gasteiger partial charge in [0.05, 0.1) is 12.0 Å². The number of aromatic nitrogens is 2. The average Bonchev–Trinajstić information content (AvgIpc) is 3.01. The first kappa shape index (κ1) is 22.5. The summed E-state index contributed by atoms with van der Waals surface area (Å²) in [5, 5.41) is 13.0. The molecule has 7 heteroatoms. The van der Waals surface area contributed by atoms with Crippen LogP contribution in [0.25, 0.3) is 0 Å². The lowest BCUT2D eigenvalue weighted by atomic mass is 9.59. The number of aryl methyl sites for hydroxylation is 1. The molecular formula is C27H36N2O5. The molecule has 2 heterocycles. The Bertz CT molecular complexity index is 1130. The van der Waals surface area contributed by atoms with Crippen LogP contribution in [0.1, 0.15) is 48.0 Å². The molecule has 6 rings (SSSR count). The number of hydrogen-bond acceptors (Lipinski definition) is 6. The van der Waals surface area contributed by atoms with Crippen molar-refractivity contribution in [2.75, 3.05) is 6.61 Å². The van der Waals surface area contributed by atoms with Crippen LogP contribution in [0, 0.1) is 34.5 Å². The SMILES string of the molecule is CC1=CC23C(=O)[C@@H](C=C4COC(C)(C)O[C@H]4[C@]2(O)[C@H]1Oc1nccn1C)[C@H]1[C@@H](C[C@H]3C)C1(C)C. The van der Waals surface area contributed by atoms with Gasteiger partial charge in [-0.1, -0.05) is 32.9 Å². The van der Waals surface area contributed by atoms with Crippen molar-refractivity contribution in [2.24, 2.45) is 41.5 Å². The highest BCUT2D eigenvalue weighted by Crippen LogP contribution is 2.72. The second kappa shape index (κ2) is 6.62. The van der Waals surface area contributed by atoms with Gasteiger partial charge >= 0.3 is 0 Å². The number of fused-ring (bicyclic) bond motifs is 5. The minimum atomic E-state index is -1.62. The molecule has 0 radical (unpaired) electrons. The Morgan fingerprint density at radius 1 is 1.26 bits per heavy atom. The largest absolute Gasteiger partial charge is 0.454 e. The van der Waals surface area contributed by atoms with E-state index in [-0.39, 0.29) is 29.0 Å². The Labute approximate surface area is 201 Å². The summed E-state index contributed by atoms with van der Waals surface area (Å²) in [6, 6.07) is 0.401. The van der Waals surface area contributed by atoms with E-state index in [1.165, 1.54) is 0 Å². The lowest BCUT2D eigenvalue weighted by Crippen LogP contribution is -2.68. The Kier molecular flexibility index (Phi) is 4.38. The summed E-state index contributed by atoms with van der Waals surface area (Å²) in [5.41, 5.74) is -0.955. The Morgan fingerprint density at radius 3 is 2.68 bits per heavy atom. The standard InChI is InChI=1S/C27H36N2O5/c1-14-12-26-15(2)10-18-19(24(18,3)4)17(20(26)30)11-16-13-32-25(5,6)34-22(16)27(26,31)21(14)33-23-28-8-9-29(23)7/h8-9,11-12,15,17-19,21-22,31H,10,13H2,1-7H3/t15-,17+,18-,19+,21+,22-,26?,27-/m1/s1. The van der Waals surface area contributed by atoms with Crippen LogP contribution in [0.4, 0.5) is 0 Å². The third-order valence-electron chi connectivity index (χ3n) is 9.67. The van der Waals surface area contributed by atoms with E-state index < -0.39 is 29.0 Å². The van der Waals surface area contributed by atoms with Crippen LogP contribution in [0.3, 0.4) is 0 Å². The van der Waals surface area contributed by atoms with Crippen LogP contribution in [-0.4, -0.2) is 50.6 Å². The van der Waals surface area contributed by atoms with Crippen LogP contribution >= 0.6 is 0 Å². The van der Waals surface area contributed by atoms with Gasteiger partial charge < -0.3 is 23.9 Å². The molecule has 34 heavy (non-hydrogen) atoms. The van der Waals surface area contributed by atoms with Gasteiger partial charge in [0.15, 0.2) is 23.3 Å². The van der Waals surface area contributed by atoms with Gasteiger partial charge in [-0.05, 0) is 61.5 Å². The van der Waals surface area contributed by atoms with Crippen molar-refractivity contribution in [1.82, 2.24) is 9.55 Å². The van der Waals surface area contributed by atoms with Crippen LogP contribution in [0.2, 0.25) is 0 Å². The number of carbonyl (C=O) groups is 1. The second-order valence-corrected chi connectivity index (χ2v) is 12.3. The van der Waals surface area contributed by atoms with Crippen LogP contribution in [0.15, 0.2) is 35.7 Å². The van der Waals surface area contributed by atoms with Crippen LogP contribution in [-0.2, 0) is 21.3 Å². The lowest BCUT2D eigenvalue weighted by Gasteiger charge is -2.52. The predicted octanol–water partition coefficient (Wildman–Crippen LogP) is 3.43. The van der Waals surface area contributed by atoms with E-state index in [1.807, 2.05) is 33.9 Å². The molecule has 5 aliphatic rings. The highest BCUT2D eigenvalue weighted by atomic mass is 16.7. The average molecular weight is 469 g/mol. The Balaban J connectivity index is 1.57. The summed E-state index contributed by atoms with van der Waals surface area (Å²) in [7, 11) is 1.85. The molecule has 0 aromatic carbocycles. The molecule has 3 fully saturated rings. The van der Waals surface area contributed by atoms with Crippen molar-refractivity contribution < 1.29 is 24.1 Å². The van der Waals surface area contributed by atoms with Crippen molar-refractivity contribution in [2.45, 2.75) is 71.6 Å². The Hall–Kier alpha value is -1.96. The van der Waals surface area contributed by atoms with Gasteiger partial charge in [0.25, 0.3) is 6.01 Å². The van der Waals surface area contributed by atoms with Gasteiger partial charge in [-0.25, -0.2) is 4.98 Å². The van der Waals surface area contributed by atoms with Gasteiger partial charge in [0.1, 0.15) is 6.10 Å². The van der Waals surface area contributed by atoms with E-state index in [1.54, 1.807) is 17.0 Å². The second-order valence-electron chi connectivity index (χ2n) is 12.3. The van der Waals surface area contributed by atoms with E-state index >= 15 is 0 Å². The third kappa shape index (κ3) is 2.58. The minimum absolute atomic E-state index is 0.0727. The smallest absolute Gasteiger partial charge is 0.296 e. The van der Waals surface area contributed by atoms with E-state index in [4.69, 9.17) is 14.2 Å². The molecule has 1 aromatic heterocycles. The molecule has 1 unspecified atom stereocenters. The summed E-state index contributed by atoms with van der Waals surface area (Å²) in [4.78, 5) is 19.0. The zero-order valence-electron chi connectivity index (χ0n) is 21.2. The molecule has 2 saturated carbocycles. The number of nitrogens with zero attached hydrogens (tertiary/aromatic N) is 2. The summed E-state index contributed by atoms with van der Waals surface area (Å²) in [6.45, 7) is 12.7. The maximum absolute atomic E-state index is 14.6. The number of allylic oxidation sites excluding steroid dienone is 1. The quantitative estimate of drug-likeness (QED) is 0.670. The summed E-state index contributed by atoms with van der Waals surface area (Å²) in [5.74, 6) is -0.452. The molecule has 1 saturated heterocycles.